The molecule has 24 heavy (non-hydrogen) atoms. The minimum Gasteiger partial charge on any atom is -0.377 e. The van der Waals surface area contributed by atoms with Crippen molar-refractivity contribution in [1.82, 2.24) is 0 Å². The summed E-state index contributed by atoms with van der Waals surface area (Å²) in [5.74, 6) is 0. The highest BCUT2D eigenvalue weighted by molar-refractivity contribution is 5.61. The van der Waals surface area contributed by atoms with Crippen molar-refractivity contribution in [2.75, 3.05) is 13.2 Å². The zero-order valence-corrected chi connectivity index (χ0v) is 15.4. The lowest BCUT2D eigenvalue weighted by molar-refractivity contribution is 0.107. The van der Waals surface area contributed by atoms with Crippen LogP contribution in [-0.2, 0) is 35.5 Å². The van der Waals surface area contributed by atoms with E-state index in [-0.39, 0.29) is 0 Å². The summed E-state index contributed by atoms with van der Waals surface area (Å²) in [4.78, 5) is 0. The largest absolute Gasteiger partial charge is 0.377 e. The van der Waals surface area contributed by atoms with Gasteiger partial charge in [-0.2, -0.15) is 10.5 Å². The fourth-order valence-electron chi connectivity index (χ4n) is 2.98. The van der Waals surface area contributed by atoms with Gasteiger partial charge in [0.15, 0.2) is 0 Å². The van der Waals surface area contributed by atoms with Gasteiger partial charge in [0.25, 0.3) is 0 Å². The van der Waals surface area contributed by atoms with Crippen molar-refractivity contribution in [3.05, 3.63) is 33.4 Å². The van der Waals surface area contributed by atoms with Crippen LogP contribution in [-0.4, -0.2) is 13.2 Å². The van der Waals surface area contributed by atoms with Gasteiger partial charge in [-0.15, -0.1) is 0 Å². The van der Waals surface area contributed by atoms with Crippen molar-refractivity contribution in [3.63, 3.8) is 0 Å². The molecule has 1 aromatic rings. The monoisotopic (exact) mass is 328 g/mol. The Hall–Kier alpha value is -1.88. The number of hydrogen-bond acceptors (Lipinski definition) is 4. The lowest BCUT2D eigenvalue weighted by atomic mass is 9.85. The van der Waals surface area contributed by atoms with Gasteiger partial charge in [-0.3, -0.25) is 0 Å². The van der Waals surface area contributed by atoms with Gasteiger partial charge in [0.1, 0.15) is 12.1 Å². The highest BCUT2D eigenvalue weighted by Crippen LogP contribution is 2.30. The van der Waals surface area contributed by atoms with Crippen LogP contribution in [0.4, 0.5) is 0 Å². The van der Waals surface area contributed by atoms with Gasteiger partial charge < -0.3 is 9.47 Å². The first kappa shape index (κ1) is 20.2. The maximum absolute atomic E-state index is 9.61. The van der Waals surface area contributed by atoms with Gasteiger partial charge in [-0.1, -0.05) is 27.7 Å². The van der Waals surface area contributed by atoms with Crippen LogP contribution in [0.3, 0.4) is 0 Å². The van der Waals surface area contributed by atoms with E-state index in [1.807, 2.05) is 13.8 Å². The van der Waals surface area contributed by atoms with Crippen LogP contribution in [0.15, 0.2) is 0 Å². The quantitative estimate of drug-likeness (QED) is 0.597. The lowest BCUT2D eigenvalue weighted by Gasteiger charge is -2.21. The Morgan fingerprint density at radius 1 is 0.667 bits per heavy atom. The number of rotatable bonds is 10. The van der Waals surface area contributed by atoms with E-state index in [2.05, 4.69) is 26.0 Å². The molecule has 4 heteroatoms. The van der Waals surface area contributed by atoms with E-state index < -0.39 is 0 Å². The number of nitrogens with zero attached hydrogens (tertiary/aromatic N) is 2. The summed E-state index contributed by atoms with van der Waals surface area (Å²) in [7, 11) is 0. The van der Waals surface area contributed by atoms with Crippen LogP contribution in [0, 0.1) is 22.7 Å². The van der Waals surface area contributed by atoms with Gasteiger partial charge in [0.2, 0.25) is 0 Å². The van der Waals surface area contributed by atoms with Crippen LogP contribution in [0.2, 0.25) is 0 Å². The molecule has 0 fully saturated rings. The first-order valence-corrected chi connectivity index (χ1v) is 8.84. The van der Waals surface area contributed by atoms with Crippen LogP contribution in [0.1, 0.15) is 73.9 Å². The molecule has 0 aliphatic rings. The minimum atomic E-state index is 0.467. The number of hydrogen-bond donors (Lipinski definition) is 0. The highest BCUT2D eigenvalue weighted by atomic mass is 16.5. The summed E-state index contributed by atoms with van der Waals surface area (Å²) in [6, 6.07) is 4.49. The predicted octanol–water partition coefficient (Wildman–Crippen LogP) is 4.41. The average Bonchev–Trinajstić information content (AvgIpc) is 2.61. The summed E-state index contributed by atoms with van der Waals surface area (Å²) >= 11 is 0. The van der Waals surface area contributed by atoms with Gasteiger partial charge in [-0.25, -0.2) is 0 Å². The second kappa shape index (κ2) is 10.8. The van der Waals surface area contributed by atoms with Gasteiger partial charge in [0, 0.05) is 13.2 Å². The molecule has 0 aromatic heterocycles. The van der Waals surface area contributed by atoms with Gasteiger partial charge in [-0.05, 0) is 47.9 Å². The molecule has 0 heterocycles. The normalized spacial score (nSPS) is 10.4. The Labute approximate surface area is 146 Å². The molecule has 0 N–H and O–H groups in total. The topological polar surface area (TPSA) is 66.0 Å². The van der Waals surface area contributed by atoms with Crippen LogP contribution >= 0.6 is 0 Å². The van der Waals surface area contributed by atoms with E-state index in [0.717, 1.165) is 35.1 Å². The molecule has 0 unspecified atom stereocenters. The summed E-state index contributed by atoms with van der Waals surface area (Å²) in [6.45, 7) is 10.5. The smallest absolute Gasteiger partial charge is 0.101 e. The second-order valence-corrected chi connectivity index (χ2v) is 5.70. The molecule has 0 saturated carbocycles. The van der Waals surface area contributed by atoms with E-state index in [4.69, 9.17) is 9.47 Å². The summed E-state index contributed by atoms with van der Waals surface area (Å²) in [5.41, 5.74) is 4.94. The lowest BCUT2D eigenvalue weighted by Crippen LogP contribution is -2.13. The zero-order valence-electron chi connectivity index (χ0n) is 15.4. The first-order chi connectivity index (χ1) is 11.7. The van der Waals surface area contributed by atoms with Crippen molar-refractivity contribution in [2.24, 2.45) is 0 Å². The highest BCUT2D eigenvalue weighted by Gasteiger charge is 2.22. The molecule has 0 aliphatic heterocycles. The summed E-state index contributed by atoms with van der Waals surface area (Å²) in [5, 5.41) is 19.2. The maximum atomic E-state index is 9.61. The molecule has 0 spiro atoms. The van der Waals surface area contributed by atoms with E-state index in [1.165, 1.54) is 0 Å². The van der Waals surface area contributed by atoms with Crippen molar-refractivity contribution in [1.29, 1.82) is 10.5 Å². The standard InChI is InChI=1S/C20H28N2O2/c1-5-9-23-13-19-15(7-3)17(11-21)18(12-22)16(8-4)20(19)14-24-10-6-2/h5-10,13-14H2,1-4H3. The third kappa shape index (κ3) is 4.57. The van der Waals surface area contributed by atoms with Crippen LogP contribution < -0.4 is 0 Å². The Balaban J connectivity index is 3.53. The van der Waals surface area contributed by atoms with E-state index in [1.54, 1.807) is 0 Å². The third-order valence-electron chi connectivity index (χ3n) is 4.07. The fourth-order valence-corrected chi connectivity index (χ4v) is 2.98. The fraction of sp³-hybridized carbons (Fsp3) is 0.600. The second-order valence-electron chi connectivity index (χ2n) is 5.70. The molecular formula is C20H28N2O2. The number of benzene rings is 1. The molecule has 1 rings (SSSR count). The summed E-state index contributed by atoms with van der Waals surface area (Å²) < 4.78 is 11.6. The predicted molar refractivity (Wildman–Crippen MR) is 94.5 cm³/mol. The molecule has 0 bridgehead atoms. The van der Waals surface area contributed by atoms with E-state index >= 15 is 0 Å². The van der Waals surface area contributed by atoms with E-state index in [9.17, 15) is 10.5 Å². The van der Waals surface area contributed by atoms with Gasteiger partial charge in [0.05, 0.1) is 24.3 Å². The van der Waals surface area contributed by atoms with E-state index in [0.29, 0.717) is 50.4 Å². The van der Waals surface area contributed by atoms with Crippen LogP contribution in [0.5, 0.6) is 0 Å². The molecule has 0 radical (unpaired) electrons. The molecule has 0 saturated heterocycles. The maximum Gasteiger partial charge on any atom is 0.101 e. The summed E-state index contributed by atoms with van der Waals surface area (Å²) in [6.07, 6.45) is 3.30. The van der Waals surface area contributed by atoms with Crippen molar-refractivity contribution >= 4 is 0 Å². The van der Waals surface area contributed by atoms with Gasteiger partial charge >= 0.3 is 0 Å². The molecule has 4 nitrogen and oxygen atoms in total. The Morgan fingerprint density at radius 2 is 1.04 bits per heavy atom. The molecule has 0 amide bonds. The number of ether oxygens (including phenoxy) is 2. The Bertz CT molecular complexity index is 569. The minimum absolute atomic E-state index is 0.467. The molecular weight excluding hydrogens is 300 g/mol. The zero-order chi connectivity index (χ0) is 17.9. The average molecular weight is 328 g/mol. The Morgan fingerprint density at radius 3 is 1.29 bits per heavy atom. The molecule has 130 valence electrons. The van der Waals surface area contributed by atoms with Crippen molar-refractivity contribution in [3.8, 4) is 12.1 Å². The first-order valence-electron chi connectivity index (χ1n) is 8.84. The Kier molecular flexibility index (Phi) is 9.08. The number of nitriles is 2. The molecule has 0 atom stereocenters. The molecule has 1 aromatic carbocycles. The van der Waals surface area contributed by atoms with Crippen molar-refractivity contribution in [2.45, 2.75) is 66.6 Å². The SMILES string of the molecule is CCCOCc1c(CC)c(C#N)c(C#N)c(CC)c1COCCC. The molecule has 0 aliphatic carbocycles. The third-order valence-corrected chi connectivity index (χ3v) is 4.07. The van der Waals surface area contributed by atoms with Crippen molar-refractivity contribution < 1.29 is 9.47 Å². The van der Waals surface area contributed by atoms with Crippen LogP contribution in [0.25, 0.3) is 0 Å².